The summed E-state index contributed by atoms with van der Waals surface area (Å²) in [4.78, 5) is 16.2. The number of nitrogens with one attached hydrogen (secondary N) is 2. The van der Waals surface area contributed by atoms with E-state index in [-0.39, 0.29) is 11.7 Å². The van der Waals surface area contributed by atoms with Gasteiger partial charge in [0.2, 0.25) is 10.0 Å². The molecular weight excluding hydrogens is 364 g/mol. The molecule has 2 heterocycles. The molecule has 0 bridgehead atoms. The van der Waals surface area contributed by atoms with E-state index >= 15 is 0 Å². The number of hydrogen-bond acceptors (Lipinski definition) is 5. The maximum atomic E-state index is 12.1. The molecule has 0 spiro atoms. The van der Waals surface area contributed by atoms with E-state index in [1.54, 1.807) is 18.3 Å². The molecular formula is C19H24N4O3S. The van der Waals surface area contributed by atoms with Crippen molar-refractivity contribution < 1.29 is 13.2 Å². The number of carbonyl (C=O) groups is 1. The van der Waals surface area contributed by atoms with E-state index in [2.05, 4.69) is 15.6 Å². The van der Waals surface area contributed by atoms with Crippen LogP contribution in [-0.4, -0.2) is 38.2 Å². The lowest BCUT2D eigenvalue weighted by Gasteiger charge is -2.17. The summed E-state index contributed by atoms with van der Waals surface area (Å²) in [5.74, 6) is 0.731. The van der Waals surface area contributed by atoms with Gasteiger partial charge < -0.3 is 10.6 Å². The number of anilines is 2. The molecule has 1 aromatic carbocycles. The van der Waals surface area contributed by atoms with Crippen LogP contribution in [0.25, 0.3) is 0 Å². The highest BCUT2D eigenvalue weighted by molar-refractivity contribution is 7.93. The first kappa shape index (κ1) is 19.2. The standard InChI is InChI=1S/C19H24N4O3S/c1-2-9-20-19(24)16-7-8-18(22-14-16)21-13-15-5-3-6-17(12-15)23-10-4-11-27(23,25)26/h3,5-8,12,14H,2,4,9-11,13H2,1H3,(H,20,24)(H,21,22). The monoisotopic (exact) mass is 388 g/mol. The third kappa shape index (κ3) is 4.77. The van der Waals surface area contributed by atoms with Crippen molar-refractivity contribution in [2.75, 3.05) is 28.5 Å². The van der Waals surface area contributed by atoms with Crippen LogP contribution in [-0.2, 0) is 16.6 Å². The lowest BCUT2D eigenvalue weighted by Crippen LogP contribution is -2.25. The molecule has 2 aromatic rings. The molecule has 144 valence electrons. The van der Waals surface area contributed by atoms with Gasteiger partial charge in [-0.05, 0) is 42.7 Å². The number of nitrogens with zero attached hydrogens (tertiary/aromatic N) is 2. The van der Waals surface area contributed by atoms with Crippen molar-refractivity contribution in [3.63, 3.8) is 0 Å². The summed E-state index contributed by atoms with van der Waals surface area (Å²) in [6.07, 6.45) is 3.09. The van der Waals surface area contributed by atoms with Gasteiger partial charge in [-0.2, -0.15) is 0 Å². The number of carbonyl (C=O) groups excluding carboxylic acids is 1. The minimum atomic E-state index is -3.18. The Bertz CT molecular complexity index is 897. The van der Waals surface area contributed by atoms with Gasteiger partial charge in [-0.25, -0.2) is 13.4 Å². The average molecular weight is 388 g/mol. The number of pyridine rings is 1. The normalized spacial score (nSPS) is 15.5. The van der Waals surface area contributed by atoms with Crippen LogP contribution in [0.1, 0.15) is 35.7 Å². The van der Waals surface area contributed by atoms with Gasteiger partial charge in [-0.15, -0.1) is 0 Å². The van der Waals surface area contributed by atoms with Crippen molar-refractivity contribution in [1.29, 1.82) is 0 Å². The van der Waals surface area contributed by atoms with Crippen LogP contribution >= 0.6 is 0 Å². The van der Waals surface area contributed by atoms with Crippen molar-refractivity contribution in [2.45, 2.75) is 26.3 Å². The summed E-state index contributed by atoms with van der Waals surface area (Å²) >= 11 is 0. The van der Waals surface area contributed by atoms with E-state index in [1.807, 2.05) is 31.2 Å². The highest BCUT2D eigenvalue weighted by Gasteiger charge is 2.28. The summed E-state index contributed by atoms with van der Waals surface area (Å²) in [7, 11) is -3.18. The second-order valence-electron chi connectivity index (χ2n) is 6.45. The fourth-order valence-electron chi connectivity index (χ4n) is 2.92. The number of benzene rings is 1. The number of aromatic nitrogens is 1. The number of hydrogen-bond donors (Lipinski definition) is 2. The second-order valence-corrected chi connectivity index (χ2v) is 8.47. The molecule has 0 saturated carbocycles. The molecule has 1 aromatic heterocycles. The molecule has 7 nitrogen and oxygen atoms in total. The third-order valence-electron chi connectivity index (χ3n) is 4.33. The van der Waals surface area contributed by atoms with E-state index in [0.29, 0.717) is 43.1 Å². The van der Waals surface area contributed by atoms with E-state index in [4.69, 9.17) is 0 Å². The van der Waals surface area contributed by atoms with Crippen LogP contribution in [0.15, 0.2) is 42.6 Å². The molecule has 0 radical (unpaired) electrons. The van der Waals surface area contributed by atoms with Crippen LogP contribution in [0.5, 0.6) is 0 Å². The van der Waals surface area contributed by atoms with Gasteiger partial charge in [0, 0.05) is 25.8 Å². The lowest BCUT2D eigenvalue weighted by atomic mass is 10.2. The van der Waals surface area contributed by atoms with Crippen molar-refractivity contribution in [1.82, 2.24) is 10.3 Å². The Kier molecular flexibility index (Phi) is 5.95. The minimum absolute atomic E-state index is 0.129. The zero-order valence-corrected chi connectivity index (χ0v) is 16.1. The topological polar surface area (TPSA) is 91.4 Å². The Morgan fingerprint density at radius 1 is 1.26 bits per heavy atom. The highest BCUT2D eigenvalue weighted by Crippen LogP contribution is 2.25. The molecule has 0 unspecified atom stereocenters. The Labute approximate surface area is 159 Å². The maximum absolute atomic E-state index is 12.1. The summed E-state index contributed by atoms with van der Waals surface area (Å²) in [6.45, 7) is 3.68. The molecule has 1 aliphatic heterocycles. The zero-order chi connectivity index (χ0) is 19.3. The van der Waals surface area contributed by atoms with Crippen molar-refractivity contribution >= 4 is 27.4 Å². The smallest absolute Gasteiger partial charge is 0.252 e. The van der Waals surface area contributed by atoms with Crippen LogP contribution in [0.2, 0.25) is 0 Å². The van der Waals surface area contributed by atoms with Gasteiger partial charge in [-0.3, -0.25) is 9.10 Å². The lowest BCUT2D eigenvalue weighted by molar-refractivity contribution is 0.0953. The van der Waals surface area contributed by atoms with Crippen molar-refractivity contribution in [3.8, 4) is 0 Å². The maximum Gasteiger partial charge on any atom is 0.252 e. The summed E-state index contributed by atoms with van der Waals surface area (Å²) in [6, 6.07) is 11.0. The van der Waals surface area contributed by atoms with Crippen molar-refractivity contribution in [3.05, 3.63) is 53.7 Å². The molecule has 1 amide bonds. The fraction of sp³-hybridized carbons (Fsp3) is 0.368. The van der Waals surface area contributed by atoms with E-state index < -0.39 is 10.0 Å². The predicted octanol–water partition coefficient (Wildman–Crippen LogP) is 2.37. The van der Waals surface area contributed by atoms with E-state index in [1.165, 1.54) is 4.31 Å². The number of sulfonamides is 1. The van der Waals surface area contributed by atoms with Crippen LogP contribution < -0.4 is 14.9 Å². The Morgan fingerprint density at radius 2 is 2.11 bits per heavy atom. The van der Waals surface area contributed by atoms with Gasteiger partial charge in [0.1, 0.15) is 5.82 Å². The van der Waals surface area contributed by atoms with Crippen LogP contribution in [0.4, 0.5) is 11.5 Å². The molecule has 1 aliphatic rings. The Balaban J connectivity index is 1.62. The molecule has 8 heteroatoms. The molecule has 0 aliphatic carbocycles. The first-order valence-electron chi connectivity index (χ1n) is 9.07. The molecule has 2 N–H and O–H groups in total. The van der Waals surface area contributed by atoms with E-state index in [0.717, 1.165) is 12.0 Å². The number of amides is 1. The summed E-state index contributed by atoms with van der Waals surface area (Å²) < 4.78 is 25.6. The van der Waals surface area contributed by atoms with Gasteiger partial charge in [-0.1, -0.05) is 19.1 Å². The van der Waals surface area contributed by atoms with Crippen molar-refractivity contribution in [2.24, 2.45) is 0 Å². The fourth-order valence-corrected chi connectivity index (χ4v) is 4.47. The Hall–Kier alpha value is -2.61. The minimum Gasteiger partial charge on any atom is -0.366 e. The molecule has 3 rings (SSSR count). The SMILES string of the molecule is CCCNC(=O)c1ccc(NCc2cccc(N3CCCS3(=O)=O)c2)nc1. The van der Waals surface area contributed by atoms with E-state index in [9.17, 15) is 13.2 Å². The van der Waals surface area contributed by atoms with Gasteiger partial charge in [0.25, 0.3) is 5.91 Å². The van der Waals surface area contributed by atoms with Crippen LogP contribution in [0, 0.1) is 0 Å². The Morgan fingerprint density at radius 3 is 2.78 bits per heavy atom. The zero-order valence-electron chi connectivity index (χ0n) is 15.3. The molecule has 1 fully saturated rings. The largest absolute Gasteiger partial charge is 0.366 e. The predicted molar refractivity (Wildman–Crippen MR) is 106 cm³/mol. The molecule has 0 atom stereocenters. The van der Waals surface area contributed by atoms with Gasteiger partial charge in [0.15, 0.2) is 0 Å². The molecule has 1 saturated heterocycles. The summed E-state index contributed by atoms with van der Waals surface area (Å²) in [5, 5.41) is 6.01. The quantitative estimate of drug-likeness (QED) is 0.760. The molecule has 27 heavy (non-hydrogen) atoms. The average Bonchev–Trinajstić information content (AvgIpc) is 3.04. The second kappa shape index (κ2) is 8.39. The highest BCUT2D eigenvalue weighted by atomic mass is 32.2. The first-order valence-corrected chi connectivity index (χ1v) is 10.7. The van der Waals surface area contributed by atoms with Gasteiger partial charge in [0.05, 0.1) is 17.0 Å². The van der Waals surface area contributed by atoms with Crippen LogP contribution in [0.3, 0.4) is 0 Å². The first-order chi connectivity index (χ1) is 13.0. The number of rotatable bonds is 7. The summed E-state index contributed by atoms with van der Waals surface area (Å²) in [5.41, 5.74) is 2.18. The third-order valence-corrected chi connectivity index (χ3v) is 6.20. The van der Waals surface area contributed by atoms with Gasteiger partial charge >= 0.3 is 0 Å².